The molecule has 0 saturated heterocycles. The number of nitrogens with one attached hydrogen (secondary N) is 1. The highest BCUT2D eigenvalue weighted by Crippen LogP contribution is 2.52. The van der Waals surface area contributed by atoms with Gasteiger partial charge in [-0.25, -0.2) is 0 Å². The van der Waals surface area contributed by atoms with E-state index in [1.807, 2.05) is 6.20 Å². The largest absolute Gasteiger partial charge is 0.381 e. The lowest BCUT2D eigenvalue weighted by molar-refractivity contribution is 0.257. The third-order valence-corrected chi connectivity index (χ3v) is 7.30. The van der Waals surface area contributed by atoms with Crippen molar-refractivity contribution in [3.63, 3.8) is 0 Å². The Morgan fingerprint density at radius 3 is 2.48 bits per heavy atom. The molecule has 2 atom stereocenters. The average Bonchev–Trinajstić information content (AvgIpc) is 3.13. The van der Waals surface area contributed by atoms with Crippen molar-refractivity contribution in [3.8, 4) is 11.1 Å². The minimum absolute atomic E-state index is 0.171. The van der Waals surface area contributed by atoms with Gasteiger partial charge in [0.25, 0.3) is 0 Å². The van der Waals surface area contributed by atoms with E-state index in [-0.39, 0.29) is 11.6 Å². The molecule has 3 aromatic carbocycles. The van der Waals surface area contributed by atoms with Crippen molar-refractivity contribution >= 4 is 5.70 Å². The van der Waals surface area contributed by atoms with Gasteiger partial charge in [0.05, 0.1) is 11.6 Å². The molecule has 0 aromatic heterocycles. The van der Waals surface area contributed by atoms with Gasteiger partial charge in [0, 0.05) is 17.8 Å². The molecule has 33 heavy (non-hydrogen) atoms. The van der Waals surface area contributed by atoms with Gasteiger partial charge >= 0.3 is 0 Å². The van der Waals surface area contributed by atoms with E-state index in [1.54, 1.807) is 0 Å². The predicted molar refractivity (Wildman–Crippen MR) is 137 cm³/mol. The normalized spacial score (nSPS) is 22.8. The van der Waals surface area contributed by atoms with Crippen LogP contribution in [-0.4, -0.2) is 11.4 Å². The molecule has 3 aromatic rings. The predicted octanol–water partition coefficient (Wildman–Crippen LogP) is 6.95. The van der Waals surface area contributed by atoms with Gasteiger partial charge in [0.2, 0.25) is 0 Å². The average molecular weight is 429 g/mol. The van der Waals surface area contributed by atoms with Crippen LogP contribution >= 0.6 is 0 Å². The Kier molecular flexibility index (Phi) is 4.62. The second-order valence-corrected chi connectivity index (χ2v) is 9.33. The number of hydrogen-bond acceptors (Lipinski definition) is 2. The van der Waals surface area contributed by atoms with Crippen LogP contribution in [0.1, 0.15) is 42.1 Å². The molecule has 0 saturated carbocycles. The monoisotopic (exact) mass is 428 g/mol. The van der Waals surface area contributed by atoms with Crippen molar-refractivity contribution in [2.75, 3.05) is 6.54 Å². The number of rotatable bonds is 3. The van der Waals surface area contributed by atoms with Crippen LogP contribution in [0.3, 0.4) is 0 Å². The number of dihydropyridines is 1. The smallest absolute Gasteiger partial charge is 0.0892 e. The molecule has 6 rings (SSSR count). The summed E-state index contributed by atoms with van der Waals surface area (Å²) in [5.74, 6) is 0. The van der Waals surface area contributed by atoms with Gasteiger partial charge in [0.15, 0.2) is 0 Å². The minimum atomic E-state index is -0.251. The van der Waals surface area contributed by atoms with Gasteiger partial charge in [-0.1, -0.05) is 90.5 Å². The molecular formula is C31H28N2. The number of fused-ring (bicyclic) bond motifs is 3. The first-order valence-corrected chi connectivity index (χ1v) is 11.7. The van der Waals surface area contributed by atoms with Gasteiger partial charge < -0.3 is 10.2 Å². The van der Waals surface area contributed by atoms with Crippen LogP contribution in [0.15, 0.2) is 115 Å². The van der Waals surface area contributed by atoms with Crippen LogP contribution in [0.25, 0.3) is 16.8 Å². The van der Waals surface area contributed by atoms with E-state index in [0.29, 0.717) is 0 Å². The lowest BCUT2D eigenvalue weighted by Gasteiger charge is -2.42. The Labute approximate surface area is 196 Å². The quantitative estimate of drug-likeness (QED) is 0.486. The number of nitrogens with zero attached hydrogens (tertiary/aromatic N) is 1. The SMILES string of the molecule is CC1=CC=C2c3cc(-c4ccccc4)ccc3[C@](C)(c3ccccc3C3C=CC=CN3)N2C1. The Bertz CT molecular complexity index is 1340. The van der Waals surface area contributed by atoms with E-state index in [2.05, 4.69) is 127 Å². The lowest BCUT2D eigenvalue weighted by Crippen LogP contribution is -2.41. The van der Waals surface area contributed by atoms with E-state index >= 15 is 0 Å². The highest BCUT2D eigenvalue weighted by Gasteiger charge is 2.47. The summed E-state index contributed by atoms with van der Waals surface area (Å²) >= 11 is 0. The van der Waals surface area contributed by atoms with Gasteiger partial charge in [-0.05, 0) is 66.1 Å². The van der Waals surface area contributed by atoms with E-state index in [0.717, 1.165) is 6.54 Å². The third kappa shape index (κ3) is 3.09. The van der Waals surface area contributed by atoms with Crippen LogP contribution < -0.4 is 5.32 Å². The molecule has 1 unspecified atom stereocenters. The molecule has 0 amide bonds. The van der Waals surface area contributed by atoms with Crippen LogP contribution in [-0.2, 0) is 5.54 Å². The van der Waals surface area contributed by atoms with E-state index in [1.165, 1.54) is 44.7 Å². The molecule has 2 nitrogen and oxygen atoms in total. The number of hydrogen-bond donors (Lipinski definition) is 1. The fraction of sp³-hybridized carbons (Fsp3) is 0.161. The van der Waals surface area contributed by atoms with Gasteiger partial charge in [0.1, 0.15) is 0 Å². The minimum Gasteiger partial charge on any atom is -0.381 e. The molecule has 3 aliphatic heterocycles. The van der Waals surface area contributed by atoms with Gasteiger partial charge in [-0.15, -0.1) is 0 Å². The summed E-state index contributed by atoms with van der Waals surface area (Å²) in [5, 5.41) is 3.54. The molecule has 162 valence electrons. The first-order valence-electron chi connectivity index (χ1n) is 11.7. The van der Waals surface area contributed by atoms with Crippen LogP contribution in [0.5, 0.6) is 0 Å². The number of benzene rings is 3. The first-order chi connectivity index (χ1) is 16.2. The van der Waals surface area contributed by atoms with Gasteiger partial charge in [-0.2, -0.15) is 0 Å². The highest BCUT2D eigenvalue weighted by molar-refractivity contribution is 5.82. The molecule has 0 aliphatic carbocycles. The summed E-state index contributed by atoms with van der Waals surface area (Å²) in [4.78, 5) is 2.60. The molecule has 0 bridgehead atoms. The summed E-state index contributed by atoms with van der Waals surface area (Å²) in [6.45, 7) is 5.56. The lowest BCUT2D eigenvalue weighted by atomic mass is 9.79. The summed E-state index contributed by atoms with van der Waals surface area (Å²) < 4.78 is 0. The Morgan fingerprint density at radius 2 is 1.67 bits per heavy atom. The van der Waals surface area contributed by atoms with E-state index in [9.17, 15) is 0 Å². The Balaban J connectivity index is 1.56. The van der Waals surface area contributed by atoms with Crippen molar-refractivity contribution in [1.29, 1.82) is 0 Å². The Hall–Kier alpha value is -3.78. The molecule has 1 N–H and O–H groups in total. The fourth-order valence-corrected chi connectivity index (χ4v) is 5.61. The molecule has 0 fully saturated rings. The maximum atomic E-state index is 3.54. The van der Waals surface area contributed by atoms with Crippen molar-refractivity contribution in [3.05, 3.63) is 137 Å². The van der Waals surface area contributed by atoms with Gasteiger partial charge in [-0.3, -0.25) is 0 Å². The topological polar surface area (TPSA) is 15.3 Å². The van der Waals surface area contributed by atoms with Crippen LogP contribution in [0.4, 0.5) is 0 Å². The fourth-order valence-electron chi connectivity index (χ4n) is 5.61. The maximum Gasteiger partial charge on any atom is 0.0892 e. The number of allylic oxidation sites excluding steroid dienone is 4. The molecular weight excluding hydrogens is 400 g/mol. The molecule has 0 spiro atoms. The summed E-state index contributed by atoms with van der Waals surface area (Å²) in [5.41, 5.74) is 10.4. The summed E-state index contributed by atoms with van der Waals surface area (Å²) in [6, 6.07) is 26.8. The zero-order chi connectivity index (χ0) is 22.4. The second kappa shape index (κ2) is 7.67. The molecule has 2 heteroatoms. The first kappa shape index (κ1) is 19.9. The van der Waals surface area contributed by atoms with E-state index < -0.39 is 0 Å². The molecule has 3 aliphatic rings. The molecule has 0 radical (unpaired) electrons. The summed E-state index contributed by atoms with van der Waals surface area (Å²) in [7, 11) is 0. The second-order valence-electron chi connectivity index (χ2n) is 9.33. The summed E-state index contributed by atoms with van der Waals surface area (Å²) in [6.07, 6.45) is 13.1. The zero-order valence-corrected chi connectivity index (χ0v) is 19.1. The molecule has 3 heterocycles. The maximum absolute atomic E-state index is 3.54. The van der Waals surface area contributed by atoms with Crippen LogP contribution in [0.2, 0.25) is 0 Å². The van der Waals surface area contributed by atoms with Crippen molar-refractivity contribution in [2.24, 2.45) is 0 Å². The standard InChI is InChI=1S/C31H28N2/c1-22-15-18-30-26-20-24(23-10-4-3-5-11-23)16-17-28(26)31(2,33(30)21-22)27-13-7-6-12-25(27)29-14-8-9-19-32-29/h3-20,29,32H,21H2,1-2H3/t29?,31-/m0/s1. The Morgan fingerprint density at radius 1 is 0.848 bits per heavy atom. The highest BCUT2D eigenvalue weighted by atomic mass is 15.2. The van der Waals surface area contributed by atoms with Crippen molar-refractivity contribution in [2.45, 2.75) is 25.4 Å². The van der Waals surface area contributed by atoms with Crippen LogP contribution in [0, 0.1) is 0 Å². The van der Waals surface area contributed by atoms with E-state index in [4.69, 9.17) is 0 Å². The van der Waals surface area contributed by atoms with Crippen molar-refractivity contribution < 1.29 is 0 Å². The zero-order valence-electron chi connectivity index (χ0n) is 19.1. The third-order valence-electron chi connectivity index (χ3n) is 7.30. The van der Waals surface area contributed by atoms with Crippen molar-refractivity contribution in [1.82, 2.24) is 10.2 Å².